The number of hydrogen-bond donors (Lipinski definition) is 1. The van der Waals surface area contributed by atoms with E-state index in [1.807, 2.05) is 0 Å². The minimum atomic E-state index is -0.248. The van der Waals surface area contributed by atoms with Crippen LogP contribution in [0.5, 0.6) is 0 Å². The van der Waals surface area contributed by atoms with Crippen molar-refractivity contribution in [2.24, 2.45) is 0 Å². The molecule has 0 saturated carbocycles. The maximum Gasteiger partial charge on any atom is 0.297 e. The molecule has 0 aliphatic heterocycles. The molecule has 0 fully saturated rings. The molecule has 6 heteroatoms. The van der Waals surface area contributed by atoms with Gasteiger partial charge in [-0.15, -0.1) is 0 Å². The summed E-state index contributed by atoms with van der Waals surface area (Å²) in [4.78, 5) is 12.1. The van der Waals surface area contributed by atoms with Gasteiger partial charge < -0.3 is 0 Å². The zero-order valence-corrected chi connectivity index (χ0v) is 9.35. The number of benzene rings is 1. The maximum atomic E-state index is 12.1. The van der Waals surface area contributed by atoms with Crippen molar-refractivity contribution in [2.45, 2.75) is 0 Å². The fourth-order valence-corrected chi connectivity index (χ4v) is 1.82. The molecule has 2 aromatic heterocycles. The van der Waals surface area contributed by atoms with Gasteiger partial charge in [-0.25, -0.2) is 0 Å². The van der Waals surface area contributed by atoms with Crippen molar-refractivity contribution < 1.29 is 0 Å². The standard InChI is InChI=1S/C11H7ClN4O/c12-8-2-1-3-9(4-8)16-11(17)10-7(6-14-16)5-13-15-10/h1-6H,(H,13,15). The molecule has 5 nitrogen and oxygen atoms in total. The molecule has 2 heterocycles. The third-order valence-electron chi connectivity index (χ3n) is 2.44. The van der Waals surface area contributed by atoms with Crippen LogP contribution in [0.2, 0.25) is 5.02 Å². The Morgan fingerprint density at radius 3 is 3.00 bits per heavy atom. The molecule has 0 amide bonds. The molecule has 3 aromatic rings. The van der Waals surface area contributed by atoms with Gasteiger partial charge in [0.2, 0.25) is 0 Å². The highest BCUT2D eigenvalue weighted by molar-refractivity contribution is 6.30. The Balaban J connectivity index is 2.31. The Labute approximate surface area is 101 Å². The minimum Gasteiger partial charge on any atom is -0.272 e. The fourth-order valence-electron chi connectivity index (χ4n) is 1.63. The first kappa shape index (κ1) is 10.0. The highest BCUT2D eigenvalue weighted by Crippen LogP contribution is 2.13. The second-order valence-electron chi connectivity index (χ2n) is 3.54. The SMILES string of the molecule is O=c1c2[nH]ncc2cnn1-c1cccc(Cl)c1. The van der Waals surface area contributed by atoms with Crippen molar-refractivity contribution in [2.75, 3.05) is 0 Å². The second kappa shape index (κ2) is 3.71. The number of H-pyrrole nitrogens is 1. The number of fused-ring (bicyclic) bond motifs is 1. The molecule has 0 spiro atoms. The molecule has 84 valence electrons. The number of rotatable bonds is 1. The Hall–Kier alpha value is -2.14. The van der Waals surface area contributed by atoms with Crippen LogP contribution < -0.4 is 5.56 Å². The van der Waals surface area contributed by atoms with Gasteiger partial charge in [0.1, 0.15) is 5.52 Å². The highest BCUT2D eigenvalue weighted by Gasteiger charge is 2.07. The Kier molecular flexibility index (Phi) is 2.19. The van der Waals surface area contributed by atoms with E-state index < -0.39 is 0 Å². The van der Waals surface area contributed by atoms with Gasteiger partial charge in [0.05, 0.1) is 18.1 Å². The first-order valence-corrected chi connectivity index (χ1v) is 5.31. The van der Waals surface area contributed by atoms with Crippen LogP contribution in [0, 0.1) is 0 Å². The van der Waals surface area contributed by atoms with E-state index in [9.17, 15) is 4.79 Å². The molecule has 3 rings (SSSR count). The van der Waals surface area contributed by atoms with E-state index in [1.54, 1.807) is 36.7 Å². The quantitative estimate of drug-likeness (QED) is 0.712. The van der Waals surface area contributed by atoms with Crippen molar-refractivity contribution in [1.82, 2.24) is 20.0 Å². The van der Waals surface area contributed by atoms with Crippen molar-refractivity contribution >= 4 is 22.5 Å². The first-order chi connectivity index (χ1) is 8.25. The Morgan fingerprint density at radius 1 is 1.29 bits per heavy atom. The zero-order valence-electron chi connectivity index (χ0n) is 8.59. The molecule has 0 saturated heterocycles. The summed E-state index contributed by atoms with van der Waals surface area (Å²) in [6.45, 7) is 0. The van der Waals surface area contributed by atoms with Gasteiger partial charge in [0.15, 0.2) is 0 Å². The lowest BCUT2D eigenvalue weighted by atomic mass is 10.3. The van der Waals surface area contributed by atoms with Crippen LogP contribution in [0.15, 0.2) is 41.5 Å². The molecule has 0 bridgehead atoms. The number of halogens is 1. The summed E-state index contributed by atoms with van der Waals surface area (Å²) in [6.07, 6.45) is 3.15. The lowest BCUT2D eigenvalue weighted by molar-refractivity contribution is 0.818. The predicted octanol–water partition coefficient (Wildman–Crippen LogP) is 1.76. The summed E-state index contributed by atoms with van der Waals surface area (Å²) in [7, 11) is 0. The number of nitrogens with zero attached hydrogens (tertiary/aromatic N) is 3. The third-order valence-corrected chi connectivity index (χ3v) is 2.68. The average Bonchev–Trinajstić information content (AvgIpc) is 2.78. The van der Waals surface area contributed by atoms with Crippen molar-refractivity contribution in [1.29, 1.82) is 0 Å². The van der Waals surface area contributed by atoms with E-state index in [4.69, 9.17) is 11.6 Å². The van der Waals surface area contributed by atoms with Crippen molar-refractivity contribution in [3.63, 3.8) is 0 Å². The van der Waals surface area contributed by atoms with Crippen LogP contribution in [0.4, 0.5) is 0 Å². The topological polar surface area (TPSA) is 63.6 Å². The van der Waals surface area contributed by atoms with Crippen LogP contribution in [0.3, 0.4) is 0 Å². The van der Waals surface area contributed by atoms with Gasteiger partial charge in [-0.2, -0.15) is 14.9 Å². The minimum absolute atomic E-state index is 0.248. The molecule has 17 heavy (non-hydrogen) atoms. The van der Waals surface area contributed by atoms with Gasteiger partial charge in [0, 0.05) is 10.4 Å². The number of nitrogens with one attached hydrogen (secondary N) is 1. The number of hydrogen-bond acceptors (Lipinski definition) is 3. The van der Waals surface area contributed by atoms with Crippen LogP contribution in [0.1, 0.15) is 0 Å². The molecule has 0 atom stereocenters. The molecule has 0 radical (unpaired) electrons. The number of aromatic amines is 1. The van der Waals surface area contributed by atoms with Crippen molar-refractivity contribution in [3.8, 4) is 5.69 Å². The molecular weight excluding hydrogens is 240 g/mol. The summed E-state index contributed by atoms with van der Waals surface area (Å²) in [6, 6.07) is 6.95. The summed E-state index contributed by atoms with van der Waals surface area (Å²) in [5.41, 5.74) is 0.807. The van der Waals surface area contributed by atoms with Crippen LogP contribution in [-0.4, -0.2) is 20.0 Å². The molecule has 1 N–H and O–H groups in total. The molecule has 1 aromatic carbocycles. The van der Waals surface area contributed by atoms with Gasteiger partial charge in [0.25, 0.3) is 5.56 Å². The normalized spacial score (nSPS) is 10.9. The molecular formula is C11H7ClN4O. The summed E-state index contributed by atoms with van der Waals surface area (Å²) in [5, 5.41) is 11.8. The number of aromatic nitrogens is 4. The van der Waals surface area contributed by atoms with Crippen LogP contribution in [-0.2, 0) is 0 Å². The maximum absolute atomic E-state index is 12.1. The summed E-state index contributed by atoms with van der Waals surface area (Å²) >= 11 is 5.88. The van der Waals surface area contributed by atoms with E-state index in [2.05, 4.69) is 15.3 Å². The third kappa shape index (κ3) is 1.60. The Morgan fingerprint density at radius 2 is 2.18 bits per heavy atom. The lowest BCUT2D eigenvalue weighted by Gasteiger charge is -2.03. The van der Waals surface area contributed by atoms with Gasteiger partial charge in [-0.3, -0.25) is 9.89 Å². The predicted molar refractivity (Wildman–Crippen MR) is 64.5 cm³/mol. The molecule has 0 aliphatic rings. The van der Waals surface area contributed by atoms with Crippen LogP contribution in [0.25, 0.3) is 16.6 Å². The summed E-state index contributed by atoms with van der Waals surface area (Å²) in [5.74, 6) is 0. The van der Waals surface area contributed by atoms with Crippen LogP contribution >= 0.6 is 11.6 Å². The van der Waals surface area contributed by atoms with Crippen molar-refractivity contribution in [3.05, 3.63) is 52.0 Å². The Bertz CT molecular complexity index is 746. The van der Waals surface area contributed by atoms with Gasteiger partial charge in [-0.05, 0) is 18.2 Å². The second-order valence-corrected chi connectivity index (χ2v) is 3.98. The first-order valence-electron chi connectivity index (χ1n) is 4.93. The van der Waals surface area contributed by atoms with E-state index >= 15 is 0 Å². The van der Waals surface area contributed by atoms with E-state index in [1.165, 1.54) is 4.68 Å². The molecule has 0 aliphatic carbocycles. The average molecular weight is 247 g/mol. The monoisotopic (exact) mass is 246 g/mol. The van der Waals surface area contributed by atoms with E-state index in [-0.39, 0.29) is 5.56 Å². The fraction of sp³-hybridized carbons (Fsp3) is 0. The zero-order chi connectivity index (χ0) is 11.8. The van der Waals surface area contributed by atoms with Gasteiger partial charge in [-0.1, -0.05) is 17.7 Å². The summed E-state index contributed by atoms with van der Waals surface area (Å²) < 4.78 is 1.28. The highest BCUT2D eigenvalue weighted by atomic mass is 35.5. The lowest BCUT2D eigenvalue weighted by Crippen LogP contribution is -2.20. The van der Waals surface area contributed by atoms with E-state index in [0.29, 0.717) is 21.6 Å². The molecule has 0 unspecified atom stereocenters. The largest absolute Gasteiger partial charge is 0.297 e. The smallest absolute Gasteiger partial charge is 0.272 e. The van der Waals surface area contributed by atoms with Gasteiger partial charge >= 0.3 is 0 Å². The van der Waals surface area contributed by atoms with E-state index in [0.717, 1.165) is 0 Å².